The molecule has 0 saturated carbocycles. The Morgan fingerprint density at radius 3 is 2.00 bits per heavy atom. The van der Waals surface area contributed by atoms with Crippen LogP contribution in [0, 0.1) is 6.92 Å². The predicted octanol–water partition coefficient (Wildman–Crippen LogP) is 5.34. The van der Waals surface area contributed by atoms with Crippen molar-refractivity contribution in [2.75, 3.05) is 17.2 Å². The van der Waals surface area contributed by atoms with E-state index in [1.165, 1.54) is 22.3 Å². The van der Waals surface area contributed by atoms with Crippen LogP contribution in [0.3, 0.4) is 0 Å². The number of hydrogen-bond donors (Lipinski definition) is 2. The first-order valence-electron chi connectivity index (χ1n) is 11.0. The lowest BCUT2D eigenvalue weighted by Crippen LogP contribution is -2.18. The molecule has 1 aromatic heterocycles. The summed E-state index contributed by atoms with van der Waals surface area (Å²) in [6, 6.07) is 23.3. The topological polar surface area (TPSA) is 85.2 Å². The summed E-state index contributed by atoms with van der Waals surface area (Å²) in [5.74, 6) is 0.0386. The van der Waals surface area contributed by atoms with E-state index in [2.05, 4.69) is 39.9 Å². The van der Waals surface area contributed by atoms with Crippen LogP contribution in [-0.4, -0.2) is 28.2 Å². The highest BCUT2D eigenvalue weighted by molar-refractivity contribution is 6.02. The number of amides is 2. The quantitative estimate of drug-likeness (QED) is 0.428. The van der Waals surface area contributed by atoms with Gasteiger partial charge in [0.15, 0.2) is 5.82 Å². The van der Waals surface area contributed by atoms with E-state index in [1.54, 1.807) is 42.1 Å². The summed E-state index contributed by atoms with van der Waals surface area (Å²) in [4.78, 5) is 29.1. The Labute approximate surface area is 197 Å². The summed E-state index contributed by atoms with van der Waals surface area (Å²) in [5, 5.41) is 5.56. The Morgan fingerprint density at radius 2 is 1.44 bits per heavy atom. The number of benzene rings is 3. The van der Waals surface area contributed by atoms with Crippen molar-refractivity contribution in [1.82, 2.24) is 9.55 Å². The third kappa shape index (κ3) is 4.15. The van der Waals surface area contributed by atoms with Gasteiger partial charge in [0.25, 0.3) is 5.91 Å². The largest absolute Gasteiger partial charge is 0.448 e. The van der Waals surface area contributed by atoms with Crippen LogP contribution < -0.4 is 10.6 Å². The Balaban J connectivity index is 1.20. The molecule has 0 atom stereocenters. The number of aryl methyl sites for hydroxylation is 2. The summed E-state index contributed by atoms with van der Waals surface area (Å²) < 4.78 is 7.26. The van der Waals surface area contributed by atoms with Gasteiger partial charge in [0.1, 0.15) is 6.61 Å². The number of nitrogens with zero attached hydrogens (tertiary/aromatic N) is 2. The molecule has 7 heteroatoms. The highest BCUT2D eigenvalue weighted by Crippen LogP contribution is 2.44. The molecule has 0 radical (unpaired) electrons. The second kappa shape index (κ2) is 8.86. The van der Waals surface area contributed by atoms with Crippen molar-refractivity contribution in [2.24, 2.45) is 7.05 Å². The highest BCUT2D eigenvalue weighted by atomic mass is 16.5. The van der Waals surface area contributed by atoms with Crippen LogP contribution >= 0.6 is 0 Å². The van der Waals surface area contributed by atoms with Gasteiger partial charge in [-0.15, -0.1) is 0 Å². The minimum Gasteiger partial charge on any atom is -0.448 e. The first-order chi connectivity index (χ1) is 16.5. The highest BCUT2D eigenvalue weighted by Gasteiger charge is 2.29. The van der Waals surface area contributed by atoms with Gasteiger partial charge in [-0.05, 0) is 53.4 Å². The van der Waals surface area contributed by atoms with Crippen molar-refractivity contribution in [2.45, 2.75) is 12.8 Å². The van der Waals surface area contributed by atoms with Crippen molar-refractivity contribution >= 4 is 23.4 Å². The van der Waals surface area contributed by atoms with E-state index >= 15 is 0 Å². The first kappa shape index (κ1) is 21.5. The van der Waals surface area contributed by atoms with Gasteiger partial charge < -0.3 is 14.6 Å². The van der Waals surface area contributed by atoms with Crippen LogP contribution in [0.5, 0.6) is 0 Å². The molecule has 0 unspecified atom stereocenters. The van der Waals surface area contributed by atoms with Crippen LogP contribution in [-0.2, 0) is 11.8 Å². The summed E-state index contributed by atoms with van der Waals surface area (Å²) in [7, 11) is 1.77. The van der Waals surface area contributed by atoms with Crippen LogP contribution in [0.4, 0.5) is 16.2 Å². The van der Waals surface area contributed by atoms with E-state index in [9.17, 15) is 9.59 Å². The van der Waals surface area contributed by atoms with Crippen LogP contribution in [0.1, 0.15) is 33.4 Å². The molecular formula is C27H24N4O3. The molecule has 0 saturated heterocycles. The molecule has 1 aliphatic carbocycles. The third-order valence-electron chi connectivity index (χ3n) is 5.93. The van der Waals surface area contributed by atoms with E-state index in [1.807, 2.05) is 31.2 Å². The Hall–Kier alpha value is -4.39. The number of rotatable bonds is 5. The number of fused-ring (bicyclic) bond motifs is 3. The van der Waals surface area contributed by atoms with Gasteiger partial charge in [-0.2, -0.15) is 0 Å². The molecule has 34 heavy (non-hydrogen) atoms. The molecule has 170 valence electrons. The lowest BCUT2D eigenvalue weighted by Gasteiger charge is -2.14. The number of carbonyl (C=O) groups excluding carboxylic acids is 2. The van der Waals surface area contributed by atoms with E-state index in [0.717, 1.165) is 5.69 Å². The molecule has 1 heterocycles. The van der Waals surface area contributed by atoms with E-state index in [0.29, 0.717) is 17.2 Å². The summed E-state index contributed by atoms with van der Waals surface area (Å²) in [6.45, 7) is 2.08. The molecule has 5 rings (SSSR count). The number of nitrogens with one attached hydrogen (secondary N) is 2. The maximum Gasteiger partial charge on any atom is 0.411 e. The normalized spacial score (nSPS) is 12.1. The van der Waals surface area contributed by atoms with Crippen molar-refractivity contribution in [1.29, 1.82) is 0 Å². The zero-order valence-electron chi connectivity index (χ0n) is 18.9. The van der Waals surface area contributed by atoms with Gasteiger partial charge >= 0.3 is 6.09 Å². The van der Waals surface area contributed by atoms with Crippen molar-refractivity contribution < 1.29 is 14.3 Å². The lowest BCUT2D eigenvalue weighted by atomic mass is 9.98. The standard InChI is InChI=1S/C27H24N4O3/c1-17-15-31(2)25(28-17)26(32)29-18-11-13-19(14-12-18)30-27(33)34-16-24-22-9-5-3-7-20(22)21-8-4-6-10-23(21)24/h3-15,24H,16H2,1-2H3,(H,29,32)(H,30,33). The van der Waals surface area contributed by atoms with Gasteiger partial charge in [0.2, 0.25) is 0 Å². The average molecular weight is 453 g/mol. The molecule has 4 aromatic rings. The zero-order valence-corrected chi connectivity index (χ0v) is 18.9. The minimum absolute atomic E-state index is 0.00509. The summed E-state index contributed by atoms with van der Waals surface area (Å²) in [5.41, 5.74) is 6.65. The van der Waals surface area contributed by atoms with Crippen LogP contribution in [0.25, 0.3) is 11.1 Å². The number of anilines is 2. The molecule has 1 aliphatic rings. The van der Waals surface area contributed by atoms with Gasteiger partial charge in [-0.3, -0.25) is 10.1 Å². The predicted molar refractivity (Wildman–Crippen MR) is 131 cm³/mol. The third-order valence-corrected chi connectivity index (χ3v) is 5.93. The fraction of sp³-hybridized carbons (Fsp3) is 0.148. The second-order valence-corrected chi connectivity index (χ2v) is 8.30. The minimum atomic E-state index is -0.526. The van der Waals surface area contributed by atoms with Crippen molar-refractivity contribution in [3.63, 3.8) is 0 Å². The molecule has 0 bridgehead atoms. The lowest BCUT2D eigenvalue weighted by molar-refractivity contribution is 0.101. The molecule has 2 amide bonds. The second-order valence-electron chi connectivity index (χ2n) is 8.30. The van der Waals surface area contributed by atoms with Crippen LogP contribution in [0.15, 0.2) is 79.0 Å². The first-order valence-corrected chi connectivity index (χ1v) is 11.0. The molecule has 0 aliphatic heterocycles. The summed E-state index contributed by atoms with van der Waals surface area (Å²) in [6.07, 6.45) is 1.26. The number of imidazole rings is 1. The fourth-order valence-electron chi connectivity index (χ4n) is 4.40. The maximum atomic E-state index is 12.5. The van der Waals surface area contributed by atoms with Gasteiger partial charge in [0.05, 0.1) is 5.69 Å². The molecule has 3 aromatic carbocycles. The molecule has 2 N–H and O–H groups in total. The molecule has 0 spiro atoms. The molecule has 7 nitrogen and oxygen atoms in total. The number of aromatic nitrogens is 2. The Bertz CT molecular complexity index is 1330. The zero-order chi connectivity index (χ0) is 23.7. The van der Waals surface area contributed by atoms with E-state index < -0.39 is 6.09 Å². The number of carbonyl (C=O) groups is 2. The smallest absolute Gasteiger partial charge is 0.411 e. The summed E-state index contributed by atoms with van der Waals surface area (Å²) >= 11 is 0. The molecule has 0 fully saturated rings. The van der Waals surface area contributed by atoms with Crippen molar-refractivity contribution in [3.05, 3.63) is 102 Å². The monoisotopic (exact) mass is 452 g/mol. The number of hydrogen-bond acceptors (Lipinski definition) is 4. The average Bonchev–Trinajstić information content (AvgIpc) is 3.35. The van der Waals surface area contributed by atoms with Gasteiger partial charge in [-0.1, -0.05) is 48.5 Å². The van der Waals surface area contributed by atoms with E-state index in [-0.39, 0.29) is 18.4 Å². The van der Waals surface area contributed by atoms with Gasteiger partial charge in [-0.25, -0.2) is 9.78 Å². The Morgan fingerprint density at radius 1 is 0.882 bits per heavy atom. The van der Waals surface area contributed by atoms with Gasteiger partial charge in [0, 0.05) is 30.5 Å². The Kier molecular flexibility index (Phi) is 5.59. The molecular weight excluding hydrogens is 428 g/mol. The SMILES string of the molecule is Cc1cn(C)c(C(=O)Nc2ccc(NC(=O)OCC3c4ccccc4-c4ccccc43)cc2)n1. The fourth-order valence-corrected chi connectivity index (χ4v) is 4.40. The van der Waals surface area contributed by atoms with Crippen molar-refractivity contribution in [3.8, 4) is 11.1 Å². The number of ether oxygens (including phenoxy) is 1. The van der Waals surface area contributed by atoms with E-state index in [4.69, 9.17) is 4.74 Å². The van der Waals surface area contributed by atoms with Crippen LogP contribution in [0.2, 0.25) is 0 Å². The maximum absolute atomic E-state index is 12.5.